The predicted molar refractivity (Wildman–Crippen MR) is 64.0 cm³/mol. The molecule has 0 aromatic rings. The highest BCUT2D eigenvalue weighted by molar-refractivity contribution is 5.80. The van der Waals surface area contributed by atoms with E-state index in [9.17, 15) is 14.4 Å². The van der Waals surface area contributed by atoms with Crippen LogP contribution in [0.15, 0.2) is 12.3 Å². The van der Waals surface area contributed by atoms with Gasteiger partial charge in [-0.05, 0) is 0 Å². The predicted octanol–water partition coefficient (Wildman–Crippen LogP) is -1.45. The van der Waals surface area contributed by atoms with Gasteiger partial charge in [-0.15, -0.1) is 0 Å². The van der Waals surface area contributed by atoms with Crippen LogP contribution < -0.4 is 10.6 Å². The summed E-state index contributed by atoms with van der Waals surface area (Å²) in [5.41, 5.74) is 0. The Morgan fingerprint density at radius 1 is 1.05 bits per heavy atom. The van der Waals surface area contributed by atoms with Gasteiger partial charge in [-0.3, -0.25) is 19.7 Å². The van der Waals surface area contributed by atoms with E-state index in [0.717, 1.165) is 0 Å². The molecule has 0 bridgehead atoms. The molecule has 0 rings (SSSR count). The van der Waals surface area contributed by atoms with Gasteiger partial charge in [-0.25, -0.2) is 5.26 Å². The number of carboxylic acids is 3. The number of nitrogens with one attached hydrogen (secondary N) is 2. The van der Waals surface area contributed by atoms with Crippen LogP contribution in [0.2, 0.25) is 0 Å². The van der Waals surface area contributed by atoms with E-state index in [1.807, 2.05) is 0 Å². The maximum Gasteiger partial charge on any atom is 0.328 e. The Morgan fingerprint density at radius 2 is 1.60 bits per heavy atom. The van der Waals surface area contributed by atoms with Crippen LogP contribution in [0.3, 0.4) is 0 Å². The minimum absolute atomic E-state index is 0.00721. The molecule has 0 aliphatic carbocycles. The lowest BCUT2D eigenvalue weighted by Gasteiger charge is -2.16. The molecule has 0 aromatic heterocycles. The van der Waals surface area contributed by atoms with Gasteiger partial charge in [0.2, 0.25) is 0 Å². The maximum absolute atomic E-state index is 10.8. The topological polar surface area (TPSA) is 165 Å². The van der Waals surface area contributed by atoms with Crippen LogP contribution in [0.4, 0.5) is 0 Å². The number of hydrogen-bond acceptors (Lipinski definition) is 7. The van der Waals surface area contributed by atoms with Crippen molar-refractivity contribution < 1.29 is 39.8 Å². The Hall–Kier alpha value is -2.17. The molecule has 10 heteroatoms. The van der Waals surface area contributed by atoms with Crippen molar-refractivity contribution in [3.63, 3.8) is 0 Å². The van der Waals surface area contributed by atoms with E-state index in [1.54, 1.807) is 0 Å². The van der Waals surface area contributed by atoms with E-state index in [0.29, 0.717) is 0 Å². The average molecular weight is 292 g/mol. The lowest BCUT2D eigenvalue weighted by atomic mass is 10.2. The summed E-state index contributed by atoms with van der Waals surface area (Å²) in [5, 5.41) is 39.2. The summed E-state index contributed by atoms with van der Waals surface area (Å²) in [6.07, 6.45) is -0.607. The van der Waals surface area contributed by atoms with Crippen molar-refractivity contribution in [1.29, 1.82) is 0 Å². The molecule has 0 aliphatic rings. The average Bonchev–Trinajstić information content (AvgIpc) is 2.35. The molecule has 20 heavy (non-hydrogen) atoms. The van der Waals surface area contributed by atoms with Crippen LogP contribution in [-0.4, -0.2) is 63.7 Å². The molecular formula is C10H16N2O8. The first-order chi connectivity index (χ1) is 9.29. The number of carboxylic acid groups (broad SMARTS) is 3. The Bertz CT molecular complexity index is 383. The molecule has 0 saturated heterocycles. The van der Waals surface area contributed by atoms with E-state index in [1.165, 1.54) is 0 Å². The zero-order valence-electron chi connectivity index (χ0n) is 10.4. The van der Waals surface area contributed by atoms with Crippen LogP contribution in [0.1, 0.15) is 6.42 Å². The van der Waals surface area contributed by atoms with Crippen molar-refractivity contribution in [2.45, 2.75) is 18.5 Å². The lowest BCUT2D eigenvalue weighted by molar-refractivity contribution is -0.209. The van der Waals surface area contributed by atoms with Crippen LogP contribution in [0.5, 0.6) is 0 Å². The van der Waals surface area contributed by atoms with Crippen molar-refractivity contribution in [3.05, 3.63) is 12.3 Å². The third kappa shape index (κ3) is 6.68. The Morgan fingerprint density at radius 3 is 2.00 bits per heavy atom. The van der Waals surface area contributed by atoms with Gasteiger partial charge < -0.3 is 25.5 Å². The highest BCUT2D eigenvalue weighted by atomic mass is 17.1. The SMILES string of the molecule is C=C(OO)C(NCCNC(CC(=O)O)C(=O)O)C(=O)O. The summed E-state index contributed by atoms with van der Waals surface area (Å²) in [7, 11) is 0. The molecule has 0 aliphatic heterocycles. The summed E-state index contributed by atoms with van der Waals surface area (Å²) >= 11 is 0. The van der Waals surface area contributed by atoms with Crippen LogP contribution >= 0.6 is 0 Å². The molecule has 2 atom stereocenters. The van der Waals surface area contributed by atoms with Gasteiger partial charge in [0.15, 0.2) is 11.8 Å². The third-order valence-corrected chi connectivity index (χ3v) is 2.23. The number of aliphatic carboxylic acids is 3. The van der Waals surface area contributed by atoms with Crippen LogP contribution in [-0.2, 0) is 19.3 Å². The molecule has 10 nitrogen and oxygen atoms in total. The normalized spacial score (nSPS) is 13.2. The second-order valence-corrected chi connectivity index (χ2v) is 3.73. The first-order valence-electron chi connectivity index (χ1n) is 5.44. The molecule has 0 spiro atoms. The maximum atomic E-state index is 10.8. The van der Waals surface area contributed by atoms with Gasteiger partial charge in [0.05, 0.1) is 6.42 Å². The van der Waals surface area contributed by atoms with E-state index < -0.39 is 42.2 Å². The van der Waals surface area contributed by atoms with E-state index >= 15 is 0 Å². The molecule has 0 aromatic carbocycles. The second kappa shape index (κ2) is 8.85. The molecule has 6 N–H and O–H groups in total. The Labute approximate surface area is 113 Å². The summed E-state index contributed by atoms with van der Waals surface area (Å²) in [6.45, 7) is 3.15. The molecule has 0 saturated carbocycles. The van der Waals surface area contributed by atoms with Gasteiger partial charge in [-0.2, -0.15) is 0 Å². The standard InChI is InChI=1S/C10H16N2O8/c1-5(20-19)8(10(17)18)12-3-2-11-6(9(15)16)4-7(13)14/h6,8,11-12,19H,1-4H2,(H,13,14)(H,15,16)(H,17,18). The van der Waals surface area contributed by atoms with Gasteiger partial charge in [0, 0.05) is 13.1 Å². The van der Waals surface area contributed by atoms with Crippen molar-refractivity contribution in [2.75, 3.05) is 13.1 Å². The number of hydrogen-bond donors (Lipinski definition) is 6. The van der Waals surface area contributed by atoms with Gasteiger partial charge in [0.1, 0.15) is 6.04 Å². The van der Waals surface area contributed by atoms with Crippen molar-refractivity contribution in [1.82, 2.24) is 10.6 Å². The molecular weight excluding hydrogens is 276 g/mol. The zero-order valence-corrected chi connectivity index (χ0v) is 10.4. The fraction of sp³-hybridized carbons (Fsp3) is 0.500. The first kappa shape index (κ1) is 17.8. The fourth-order valence-corrected chi connectivity index (χ4v) is 1.28. The quantitative estimate of drug-likeness (QED) is 0.115. The molecule has 0 heterocycles. The summed E-state index contributed by atoms with van der Waals surface area (Å²) in [5.74, 6) is -4.38. The monoisotopic (exact) mass is 292 g/mol. The van der Waals surface area contributed by atoms with Crippen LogP contribution in [0.25, 0.3) is 0 Å². The summed E-state index contributed by atoms with van der Waals surface area (Å²) in [4.78, 5) is 35.6. The molecule has 114 valence electrons. The smallest absolute Gasteiger partial charge is 0.328 e. The minimum atomic E-state index is -1.37. The first-order valence-corrected chi connectivity index (χ1v) is 5.44. The van der Waals surface area contributed by atoms with E-state index in [2.05, 4.69) is 22.1 Å². The molecule has 0 radical (unpaired) electrons. The molecule has 0 amide bonds. The zero-order chi connectivity index (χ0) is 15.7. The number of rotatable bonds is 11. The Kier molecular flexibility index (Phi) is 7.89. The highest BCUT2D eigenvalue weighted by Gasteiger charge is 2.23. The number of carbonyl (C=O) groups is 3. The molecule has 0 fully saturated rings. The van der Waals surface area contributed by atoms with Crippen molar-refractivity contribution in [3.8, 4) is 0 Å². The highest BCUT2D eigenvalue weighted by Crippen LogP contribution is 1.99. The minimum Gasteiger partial charge on any atom is -0.481 e. The van der Waals surface area contributed by atoms with E-state index in [4.69, 9.17) is 20.6 Å². The van der Waals surface area contributed by atoms with Gasteiger partial charge in [-0.1, -0.05) is 6.58 Å². The van der Waals surface area contributed by atoms with Crippen LogP contribution in [0, 0.1) is 0 Å². The lowest BCUT2D eigenvalue weighted by Crippen LogP contribution is -2.45. The fourth-order valence-electron chi connectivity index (χ4n) is 1.28. The third-order valence-electron chi connectivity index (χ3n) is 2.23. The van der Waals surface area contributed by atoms with Gasteiger partial charge >= 0.3 is 17.9 Å². The Balaban J connectivity index is 4.21. The second-order valence-electron chi connectivity index (χ2n) is 3.73. The van der Waals surface area contributed by atoms with Crippen molar-refractivity contribution in [2.24, 2.45) is 0 Å². The summed E-state index contributed by atoms with van der Waals surface area (Å²) < 4.78 is 0. The van der Waals surface area contributed by atoms with Crippen molar-refractivity contribution >= 4 is 17.9 Å². The largest absolute Gasteiger partial charge is 0.481 e. The summed E-state index contributed by atoms with van der Waals surface area (Å²) in [6, 6.07) is -2.65. The van der Waals surface area contributed by atoms with E-state index in [-0.39, 0.29) is 13.1 Å². The molecule has 2 unspecified atom stereocenters. The van der Waals surface area contributed by atoms with Gasteiger partial charge in [0.25, 0.3) is 0 Å².